The summed E-state index contributed by atoms with van der Waals surface area (Å²) < 4.78 is 26.8. The predicted octanol–water partition coefficient (Wildman–Crippen LogP) is 3.42. The number of aliphatic hydroxyl groups excluding tert-OH is 1. The van der Waals surface area contributed by atoms with Gasteiger partial charge in [0.2, 0.25) is 0 Å². The molecule has 0 bridgehead atoms. The zero-order chi connectivity index (χ0) is 13.8. The number of halogens is 2. The summed E-state index contributed by atoms with van der Waals surface area (Å²) in [6.45, 7) is 1.63. The molecule has 2 rings (SSSR count). The molecular weight excluding hydrogens is 248 g/mol. The Labute approximate surface area is 110 Å². The van der Waals surface area contributed by atoms with Gasteiger partial charge in [-0.2, -0.15) is 0 Å². The molecule has 0 saturated carbocycles. The molecule has 4 heteroatoms. The summed E-state index contributed by atoms with van der Waals surface area (Å²) in [6.07, 6.45) is 0. The summed E-state index contributed by atoms with van der Waals surface area (Å²) in [4.78, 5) is 0. The minimum absolute atomic E-state index is 0.114. The molecule has 1 atom stereocenters. The number of aliphatic hydroxyl groups is 1. The summed E-state index contributed by atoms with van der Waals surface area (Å²) in [5, 5.41) is 12.3. The Morgan fingerprint density at radius 3 is 2.42 bits per heavy atom. The van der Waals surface area contributed by atoms with Gasteiger partial charge in [-0.1, -0.05) is 17.7 Å². The van der Waals surface area contributed by atoms with Crippen LogP contribution in [-0.4, -0.2) is 11.7 Å². The first kappa shape index (κ1) is 13.5. The summed E-state index contributed by atoms with van der Waals surface area (Å²) in [5.74, 6) is -1.07. The largest absolute Gasteiger partial charge is 0.394 e. The second-order valence-corrected chi connectivity index (χ2v) is 4.41. The van der Waals surface area contributed by atoms with E-state index in [0.717, 1.165) is 29.4 Å². The number of benzene rings is 2. The van der Waals surface area contributed by atoms with E-state index in [1.165, 1.54) is 0 Å². The van der Waals surface area contributed by atoms with Crippen LogP contribution < -0.4 is 5.32 Å². The maximum Gasteiger partial charge on any atom is 0.128 e. The molecule has 0 aromatic heterocycles. The number of aryl methyl sites for hydroxylation is 1. The molecule has 0 spiro atoms. The molecular formula is C15H15F2NO. The molecule has 0 fully saturated rings. The highest BCUT2D eigenvalue weighted by atomic mass is 19.1. The average Bonchev–Trinajstić information content (AvgIpc) is 2.41. The molecule has 0 aliphatic heterocycles. The molecule has 0 amide bonds. The van der Waals surface area contributed by atoms with E-state index in [2.05, 4.69) is 5.32 Å². The van der Waals surface area contributed by atoms with Crippen LogP contribution in [0.5, 0.6) is 0 Å². The molecule has 2 aromatic rings. The van der Waals surface area contributed by atoms with Crippen LogP contribution in [0.15, 0.2) is 42.5 Å². The first-order valence-electron chi connectivity index (χ1n) is 5.99. The zero-order valence-corrected chi connectivity index (χ0v) is 10.5. The normalized spacial score (nSPS) is 12.2. The van der Waals surface area contributed by atoms with Gasteiger partial charge in [0.25, 0.3) is 0 Å². The van der Waals surface area contributed by atoms with Gasteiger partial charge in [-0.05, 0) is 37.3 Å². The third-order valence-electron chi connectivity index (χ3n) is 2.91. The first-order chi connectivity index (χ1) is 9.10. The van der Waals surface area contributed by atoms with Crippen molar-refractivity contribution in [2.75, 3.05) is 11.9 Å². The van der Waals surface area contributed by atoms with Crippen molar-refractivity contribution in [3.63, 3.8) is 0 Å². The summed E-state index contributed by atoms with van der Waals surface area (Å²) in [6, 6.07) is 9.99. The molecule has 0 radical (unpaired) electrons. The van der Waals surface area contributed by atoms with Gasteiger partial charge in [-0.25, -0.2) is 8.78 Å². The van der Waals surface area contributed by atoms with Crippen molar-refractivity contribution >= 4 is 5.69 Å². The topological polar surface area (TPSA) is 32.3 Å². The minimum Gasteiger partial charge on any atom is -0.394 e. The van der Waals surface area contributed by atoms with Gasteiger partial charge < -0.3 is 10.4 Å². The number of rotatable bonds is 4. The van der Waals surface area contributed by atoms with Crippen molar-refractivity contribution in [2.24, 2.45) is 0 Å². The second kappa shape index (κ2) is 5.80. The highest BCUT2D eigenvalue weighted by Crippen LogP contribution is 2.22. The Morgan fingerprint density at radius 1 is 1.11 bits per heavy atom. The van der Waals surface area contributed by atoms with Gasteiger partial charge in [0.1, 0.15) is 11.6 Å². The predicted molar refractivity (Wildman–Crippen MR) is 71.0 cm³/mol. The van der Waals surface area contributed by atoms with Crippen molar-refractivity contribution in [1.82, 2.24) is 0 Å². The van der Waals surface area contributed by atoms with Crippen molar-refractivity contribution in [3.05, 3.63) is 65.2 Å². The van der Waals surface area contributed by atoms with Gasteiger partial charge in [0, 0.05) is 11.3 Å². The van der Waals surface area contributed by atoms with E-state index in [9.17, 15) is 13.9 Å². The molecule has 100 valence electrons. The average molecular weight is 263 g/mol. The van der Waals surface area contributed by atoms with E-state index < -0.39 is 17.7 Å². The van der Waals surface area contributed by atoms with Crippen LogP contribution in [0.1, 0.15) is 17.2 Å². The minimum atomic E-state index is -0.682. The fourth-order valence-corrected chi connectivity index (χ4v) is 1.85. The summed E-state index contributed by atoms with van der Waals surface area (Å²) in [7, 11) is 0. The van der Waals surface area contributed by atoms with E-state index in [1.807, 2.05) is 31.2 Å². The van der Waals surface area contributed by atoms with Crippen LogP contribution in [0.4, 0.5) is 14.5 Å². The Bertz CT molecular complexity index is 555. The van der Waals surface area contributed by atoms with Crippen LogP contribution in [0.2, 0.25) is 0 Å². The second-order valence-electron chi connectivity index (χ2n) is 4.41. The molecule has 2 aromatic carbocycles. The Balaban J connectivity index is 2.24. The molecule has 1 unspecified atom stereocenters. The van der Waals surface area contributed by atoms with E-state index in [0.29, 0.717) is 0 Å². The lowest BCUT2D eigenvalue weighted by atomic mass is 10.1. The lowest BCUT2D eigenvalue weighted by molar-refractivity contribution is 0.273. The third kappa shape index (κ3) is 3.29. The van der Waals surface area contributed by atoms with E-state index >= 15 is 0 Å². The van der Waals surface area contributed by atoms with Crippen molar-refractivity contribution in [3.8, 4) is 0 Å². The van der Waals surface area contributed by atoms with Gasteiger partial charge >= 0.3 is 0 Å². The van der Waals surface area contributed by atoms with Gasteiger partial charge in [-0.3, -0.25) is 0 Å². The number of nitrogens with one attached hydrogen (secondary N) is 1. The molecule has 19 heavy (non-hydrogen) atoms. The highest BCUT2D eigenvalue weighted by molar-refractivity contribution is 5.47. The van der Waals surface area contributed by atoms with E-state index in [1.54, 1.807) is 0 Å². The zero-order valence-electron chi connectivity index (χ0n) is 10.5. The SMILES string of the molecule is Cc1ccc(NC(CO)c2cc(F)ccc2F)cc1. The first-order valence-corrected chi connectivity index (χ1v) is 5.99. The number of hydrogen-bond donors (Lipinski definition) is 2. The molecule has 0 saturated heterocycles. The van der Waals surface area contributed by atoms with Crippen LogP contribution in [0.25, 0.3) is 0 Å². The molecule has 0 aliphatic rings. The smallest absolute Gasteiger partial charge is 0.128 e. The number of hydrogen-bond acceptors (Lipinski definition) is 2. The summed E-state index contributed by atoms with van der Waals surface area (Å²) in [5.41, 5.74) is 1.96. The van der Waals surface area contributed by atoms with Crippen LogP contribution in [0, 0.1) is 18.6 Å². The van der Waals surface area contributed by atoms with Crippen LogP contribution in [0.3, 0.4) is 0 Å². The lowest BCUT2D eigenvalue weighted by Crippen LogP contribution is -2.16. The molecule has 0 aliphatic carbocycles. The van der Waals surface area contributed by atoms with Crippen molar-refractivity contribution in [1.29, 1.82) is 0 Å². The quantitative estimate of drug-likeness (QED) is 0.886. The lowest BCUT2D eigenvalue weighted by Gasteiger charge is -2.19. The Morgan fingerprint density at radius 2 is 1.79 bits per heavy atom. The van der Waals surface area contributed by atoms with Gasteiger partial charge in [0.15, 0.2) is 0 Å². The molecule has 2 nitrogen and oxygen atoms in total. The van der Waals surface area contributed by atoms with Gasteiger partial charge in [0.05, 0.1) is 12.6 Å². The number of anilines is 1. The molecule has 0 heterocycles. The fraction of sp³-hybridized carbons (Fsp3) is 0.200. The standard InChI is InChI=1S/C15H15F2NO/c1-10-2-5-12(6-3-10)18-15(9-19)13-8-11(16)4-7-14(13)17/h2-8,15,18-19H,9H2,1H3. The Hall–Kier alpha value is -1.94. The maximum atomic E-state index is 13.7. The fourth-order valence-electron chi connectivity index (χ4n) is 1.85. The Kier molecular flexibility index (Phi) is 4.12. The van der Waals surface area contributed by atoms with E-state index in [-0.39, 0.29) is 12.2 Å². The van der Waals surface area contributed by atoms with Gasteiger partial charge in [-0.15, -0.1) is 0 Å². The van der Waals surface area contributed by atoms with Crippen molar-refractivity contribution in [2.45, 2.75) is 13.0 Å². The highest BCUT2D eigenvalue weighted by Gasteiger charge is 2.15. The van der Waals surface area contributed by atoms with Crippen LogP contribution in [-0.2, 0) is 0 Å². The summed E-state index contributed by atoms with van der Waals surface area (Å²) >= 11 is 0. The van der Waals surface area contributed by atoms with Crippen molar-refractivity contribution < 1.29 is 13.9 Å². The molecule has 2 N–H and O–H groups in total. The monoisotopic (exact) mass is 263 g/mol. The van der Waals surface area contributed by atoms with E-state index in [4.69, 9.17) is 0 Å². The third-order valence-corrected chi connectivity index (χ3v) is 2.91. The maximum absolute atomic E-state index is 13.7. The van der Waals surface area contributed by atoms with Crippen LogP contribution >= 0.6 is 0 Å².